The maximum atomic E-state index is 13.0. The van der Waals surface area contributed by atoms with Gasteiger partial charge in [-0.25, -0.2) is 13.2 Å². The Balaban J connectivity index is 1.69. The SMILES string of the molecule is COc1ccccc1C(=O)OCC(=O)N(C1CCCCC1)[C@@H]1CCS(=O)(=O)C1. The summed E-state index contributed by atoms with van der Waals surface area (Å²) in [7, 11) is -1.65. The molecule has 7 nitrogen and oxygen atoms in total. The molecule has 0 unspecified atom stereocenters. The third kappa shape index (κ3) is 4.84. The summed E-state index contributed by atoms with van der Waals surface area (Å²) in [5.74, 6) is -0.470. The first-order valence-electron chi connectivity index (χ1n) is 9.73. The normalized spacial score (nSPS) is 21.8. The molecule has 1 aliphatic carbocycles. The Morgan fingerprint density at radius 2 is 1.79 bits per heavy atom. The number of carbonyl (C=O) groups is 2. The van der Waals surface area contributed by atoms with Crippen LogP contribution in [0.3, 0.4) is 0 Å². The van der Waals surface area contributed by atoms with E-state index in [4.69, 9.17) is 9.47 Å². The molecule has 1 aromatic rings. The van der Waals surface area contributed by atoms with Crippen molar-refractivity contribution in [2.75, 3.05) is 25.2 Å². The highest BCUT2D eigenvalue weighted by Crippen LogP contribution is 2.28. The van der Waals surface area contributed by atoms with E-state index in [2.05, 4.69) is 0 Å². The van der Waals surface area contributed by atoms with Crippen molar-refractivity contribution in [3.63, 3.8) is 0 Å². The van der Waals surface area contributed by atoms with Crippen molar-refractivity contribution < 1.29 is 27.5 Å². The second-order valence-electron chi connectivity index (χ2n) is 7.43. The van der Waals surface area contributed by atoms with Gasteiger partial charge < -0.3 is 14.4 Å². The number of rotatable bonds is 6. The first-order valence-corrected chi connectivity index (χ1v) is 11.5. The number of benzene rings is 1. The Bertz CT molecular complexity index is 816. The summed E-state index contributed by atoms with van der Waals surface area (Å²) in [6, 6.07) is 6.35. The van der Waals surface area contributed by atoms with Gasteiger partial charge in [0.2, 0.25) is 0 Å². The number of hydrogen-bond acceptors (Lipinski definition) is 6. The number of esters is 1. The average Bonchev–Trinajstić information content (AvgIpc) is 3.06. The van der Waals surface area contributed by atoms with E-state index in [0.717, 1.165) is 32.1 Å². The third-order valence-electron chi connectivity index (χ3n) is 5.51. The van der Waals surface area contributed by atoms with Crippen molar-refractivity contribution in [2.45, 2.75) is 50.6 Å². The fourth-order valence-corrected chi connectivity index (χ4v) is 5.86. The molecule has 1 amide bonds. The molecule has 1 saturated carbocycles. The maximum absolute atomic E-state index is 13.0. The zero-order chi connectivity index (χ0) is 20.1. The molecule has 0 bridgehead atoms. The molecule has 1 aromatic carbocycles. The van der Waals surface area contributed by atoms with Crippen molar-refractivity contribution in [3.05, 3.63) is 29.8 Å². The maximum Gasteiger partial charge on any atom is 0.342 e. The van der Waals surface area contributed by atoms with Crippen LogP contribution in [0.15, 0.2) is 24.3 Å². The molecule has 0 N–H and O–H groups in total. The summed E-state index contributed by atoms with van der Waals surface area (Å²) >= 11 is 0. The minimum Gasteiger partial charge on any atom is -0.496 e. The lowest BCUT2D eigenvalue weighted by molar-refractivity contribution is -0.140. The summed E-state index contributed by atoms with van der Waals surface area (Å²) in [6.45, 7) is -0.399. The van der Waals surface area contributed by atoms with Crippen LogP contribution in [0.4, 0.5) is 0 Å². The van der Waals surface area contributed by atoms with Gasteiger partial charge in [0, 0.05) is 12.1 Å². The first kappa shape index (κ1) is 20.6. The van der Waals surface area contributed by atoms with Crippen LogP contribution in [0.1, 0.15) is 48.9 Å². The summed E-state index contributed by atoms with van der Waals surface area (Å²) in [5, 5.41) is 0. The number of amides is 1. The minimum absolute atomic E-state index is 0.00427. The molecule has 154 valence electrons. The fraction of sp³-hybridized carbons (Fsp3) is 0.600. The zero-order valence-electron chi connectivity index (χ0n) is 16.1. The molecule has 0 spiro atoms. The number of carbonyl (C=O) groups excluding carboxylic acids is 2. The van der Waals surface area contributed by atoms with Gasteiger partial charge in [-0.1, -0.05) is 31.4 Å². The Morgan fingerprint density at radius 3 is 2.43 bits per heavy atom. The fourth-order valence-electron chi connectivity index (χ4n) is 4.15. The molecule has 0 aromatic heterocycles. The lowest BCUT2D eigenvalue weighted by Crippen LogP contribution is -2.50. The van der Waals surface area contributed by atoms with Gasteiger partial charge in [0.1, 0.15) is 11.3 Å². The van der Waals surface area contributed by atoms with Crippen LogP contribution in [0.25, 0.3) is 0 Å². The van der Waals surface area contributed by atoms with Gasteiger partial charge in [-0.15, -0.1) is 0 Å². The van der Waals surface area contributed by atoms with Crippen LogP contribution in [0, 0.1) is 0 Å². The van der Waals surface area contributed by atoms with E-state index < -0.39 is 22.4 Å². The van der Waals surface area contributed by atoms with E-state index in [1.807, 2.05) is 0 Å². The molecule has 0 radical (unpaired) electrons. The molecule has 1 aliphatic heterocycles. The topological polar surface area (TPSA) is 90.0 Å². The molecule has 28 heavy (non-hydrogen) atoms. The van der Waals surface area contributed by atoms with Crippen molar-refractivity contribution in [3.8, 4) is 5.75 Å². The molecule has 1 saturated heterocycles. The lowest BCUT2D eigenvalue weighted by Gasteiger charge is -2.38. The predicted octanol–water partition coefficient (Wildman–Crippen LogP) is 2.20. The summed E-state index contributed by atoms with van der Waals surface area (Å²) in [6.07, 6.45) is 5.35. The molecule has 1 atom stereocenters. The van der Waals surface area contributed by atoms with Crippen molar-refractivity contribution in [2.24, 2.45) is 0 Å². The molecule has 2 fully saturated rings. The highest BCUT2D eigenvalue weighted by Gasteiger charge is 2.38. The van der Waals surface area contributed by atoms with Crippen LogP contribution in [0.5, 0.6) is 5.75 Å². The second kappa shape index (κ2) is 8.94. The number of ether oxygens (including phenoxy) is 2. The smallest absolute Gasteiger partial charge is 0.342 e. The van der Waals surface area contributed by atoms with E-state index in [-0.39, 0.29) is 35.1 Å². The van der Waals surface area contributed by atoms with Crippen LogP contribution in [0.2, 0.25) is 0 Å². The van der Waals surface area contributed by atoms with E-state index in [1.165, 1.54) is 7.11 Å². The number of para-hydroxylation sites is 1. The number of hydrogen-bond donors (Lipinski definition) is 0. The third-order valence-corrected chi connectivity index (χ3v) is 7.26. The average molecular weight is 410 g/mol. The number of sulfone groups is 1. The minimum atomic E-state index is -3.11. The Hall–Kier alpha value is -2.09. The standard InChI is InChI=1S/C20H27NO6S/c1-26-18-10-6-5-9-17(18)20(23)27-13-19(22)21(15-7-3-2-4-8-15)16-11-12-28(24,25)14-16/h5-6,9-10,15-16H,2-4,7-8,11-14H2,1H3/t16-/m1/s1. The Labute approximate surface area is 165 Å². The molecular weight excluding hydrogens is 382 g/mol. The molecular formula is C20H27NO6S. The molecule has 3 rings (SSSR count). The van der Waals surface area contributed by atoms with E-state index in [9.17, 15) is 18.0 Å². The number of nitrogens with zero attached hydrogens (tertiary/aromatic N) is 1. The Kier molecular flexibility index (Phi) is 6.59. The van der Waals surface area contributed by atoms with Gasteiger partial charge in [-0.05, 0) is 31.4 Å². The van der Waals surface area contributed by atoms with Gasteiger partial charge in [-0.2, -0.15) is 0 Å². The van der Waals surface area contributed by atoms with E-state index in [0.29, 0.717) is 12.2 Å². The first-order chi connectivity index (χ1) is 13.4. The zero-order valence-corrected chi connectivity index (χ0v) is 16.9. The summed E-state index contributed by atoms with van der Waals surface area (Å²) in [5.41, 5.74) is 0.255. The van der Waals surface area contributed by atoms with Crippen molar-refractivity contribution in [1.82, 2.24) is 4.90 Å². The molecule has 2 aliphatic rings. The quantitative estimate of drug-likeness (QED) is 0.669. The summed E-state index contributed by atoms with van der Waals surface area (Å²) in [4.78, 5) is 27.0. The second-order valence-corrected chi connectivity index (χ2v) is 9.65. The molecule has 8 heteroatoms. The number of methoxy groups -OCH3 is 1. The highest BCUT2D eigenvalue weighted by molar-refractivity contribution is 7.91. The van der Waals surface area contributed by atoms with Crippen molar-refractivity contribution in [1.29, 1.82) is 0 Å². The summed E-state index contributed by atoms with van der Waals surface area (Å²) < 4.78 is 34.3. The van der Waals surface area contributed by atoms with Crippen LogP contribution in [-0.2, 0) is 19.4 Å². The highest BCUT2D eigenvalue weighted by atomic mass is 32.2. The predicted molar refractivity (Wildman–Crippen MR) is 104 cm³/mol. The van der Waals surface area contributed by atoms with Gasteiger partial charge >= 0.3 is 5.97 Å². The molecule has 1 heterocycles. The lowest BCUT2D eigenvalue weighted by atomic mass is 9.93. The van der Waals surface area contributed by atoms with Crippen LogP contribution >= 0.6 is 0 Å². The van der Waals surface area contributed by atoms with Gasteiger partial charge in [0.25, 0.3) is 5.91 Å². The Morgan fingerprint density at radius 1 is 1.07 bits per heavy atom. The van der Waals surface area contributed by atoms with E-state index >= 15 is 0 Å². The van der Waals surface area contributed by atoms with Crippen LogP contribution in [-0.4, -0.2) is 62.5 Å². The van der Waals surface area contributed by atoms with Gasteiger partial charge in [0.05, 0.1) is 18.6 Å². The van der Waals surface area contributed by atoms with E-state index in [1.54, 1.807) is 29.2 Å². The van der Waals surface area contributed by atoms with Crippen LogP contribution < -0.4 is 4.74 Å². The monoisotopic (exact) mass is 409 g/mol. The van der Waals surface area contributed by atoms with Crippen molar-refractivity contribution >= 4 is 21.7 Å². The van der Waals surface area contributed by atoms with Gasteiger partial charge in [0.15, 0.2) is 16.4 Å². The largest absolute Gasteiger partial charge is 0.496 e. The van der Waals surface area contributed by atoms with Gasteiger partial charge in [-0.3, -0.25) is 4.79 Å².